The lowest BCUT2D eigenvalue weighted by Gasteiger charge is -2.05. The van der Waals surface area contributed by atoms with E-state index in [9.17, 15) is 9.18 Å². The predicted molar refractivity (Wildman–Crippen MR) is 70.8 cm³/mol. The van der Waals surface area contributed by atoms with Crippen LogP contribution < -0.4 is 0 Å². The first-order valence-corrected chi connectivity index (χ1v) is 5.94. The van der Waals surface area contributed by atoms with E-state index >= 15 is 0 Å². The molecule has 0 radical (unpaired) electrons. The Morgan fingerprint density at radius 1 is 1.00 bits per heavy atom. The molecular weight excluding hydrogens is 251 g/mol. The topological polar surface area (TPSA) is 17.1 Å². The van der Waals surface area contributed by atoms with Gasteiger partial charge >= 0.3 is 0 Å². The zero-order valence-corrected chi connectivity index (χ0v) is 10.9. The molecule has 0 N–H and O–H groups in total. The molecule has 18 heavy (non-hydrogen) atoms. The first-order valence-electron chi connectivity index (χ1n) is 5.56. The van der Waals surface area contributed by atoms with Gasteiger partial charge in [-0.15, -0.1) is 0 Å². The molecule has 0 spiro atoms. The van der Waals surface area contributed by atoms with Crippen LogP contribution in [-0.2, 0) is 0 Å². The fraction of sp³-hybridized carbons (Fsp3) is 0.133. The molecule has 0 heterocycles. The molecule has 0 saturated carbocycles. The third-order valence-electron chi connectivity index (χ3n) is 2.85. The van der Waals surface area contributed by atoms with Crippen molar-refractivity contribution in [1.29, 1.82) is 0 Å². The maximum absolute atomic E-state index is 13.4. The van der Waals surface area contributed by atoms with Gasteiger partial charge in [0.2, 0.25) is 0 Å². The van der Waals surface area contributed by atoms with E-state index in [0.29, 0.717) is 21.7 Å². The minimum atomic E-state index is -0.369. The summed E-state index contributed by atoms with van der Waals surface area (Å²) >= 11 is 5.91. The molecule has 0 fully saturated rings. The highest BCUT2D eigenvalue weighted by Gasteiger charge is 2.11. The minimum absolute atomic E-state index is 0.200. The smallest absolute Gasteiger partial charge is 0.193 e. The number of hydrogen-bond donors (Lipinski definition) is 0. The minimum Gasteiger partial charge on any atom is -0.289 e. The van der Waals surface area contributed by atoms with Crippen LogP contribution in [0.2, 0.25) is 5.02 Å². The van der Waals surface area contributed by atoms with Crippen molar-refractivity contribution in [3.63, 3.8) is 0 Å². The van der Waals surface area contributed by atoms with Crippen LogP contribution in [-0.4, -0.2) is 5.78 Å². The van der Waals surface area contributed by atoms with Gasteiger partial charge in [0.05, 0.1) is 0 Å². The molecule has 0 saturated heterocycles. The van der Waals surface area contributed by atoms with Crippen molar-refractivity contribution in [2.24, 2.45) is 0 Å². The zero-order valence-electron chi connectivity index (χ0n) is 10.1. The van der Waals surface area contributed by atoms with Crippen LogP contribution in [0.15, 0.2) is 36.4 Å². The number of aryl methyl sites for hydroxylation is 2. The highest BCUT2D eigenvalue weighted by atomic mass is 35.5. The van der Waals surface area contributed by atoms with Crippen molar-refractivity contribution in [3.05, 3.63) is 69.5 Å². The normalized spacial score (nSPS) is 10.4. The number of hydrogen-bond acceptors (Lipinski definition) is 1. The summed E-state index contributed by atoms with van der Waals surface area (Å²) < 4.78 is 13.4. The van der Waals surface area contributed by atoms with E-state index in [1.54, 1.807) is 37.3 Å². The van der Waals surface area contributed by atoms with E-state index in [2.05, 4.69) is 0 Å². The van der Waals surface area contributed by atoms with Crippen LogP contribution in [0.1, 0.15) is 27.0 Å². The van der Waals surface area contributed by atoms with Crippen LogP contribution in [0.4, 0.5) is 4.39 Å². The highest BCUT2D eigenvalue weighted by Crippen LogP contribution is 2.19. The van der Waals surface area contributed by atoms with E-state index < -0.39 is 0 Å². The first kappa shape index (κ1) is 12.8. The quantitative estimate of drug-likeness (QED) is 0.737. The van der Waals surface area contributed by atoms with Gasteiger partial charge in [-0.05, 0) is 49.2 Å². The van der Waals surface area contributed by atoms with E-state index in [-0.39, 0.29) is 11.6 Å². The molecule has 1 nitrogen and oxygen atoms in total. The number of rotatable bonds is 2. The lowest BCUT2D eigenvalue weighted by atomic mass is 10.0. The van der Waals surface area contributed by atoms with Crippen LogP contribution in [0, 0.1) is 19.7 Å². The second-order valence-electron chi connectivity index (χ2n) is 4.26. The number of carbonyl (C=O) groups excluding carboxylic acids is 1. The summed E-state index contributed by atoms with van der Waals surface area (Å²) in [6.45, 7) is 3.49. The predicted octanol–water partition coefficient (Wildman–Crippen LogP) is 4.33. The van der Waals surface area contributed by atoms with E-state index in [0.717, 1.165) is 5.56 Å². The second kappa shape index (κ2) is 4.91. The lowest BCUT2D eigenvalue weighted by molar-refractivity contribution is 0.103. The SMILES string of the molecule is Cc1ccc(C(=O)c2ccc(Cl)c(C)c2)cc1F. The summed E-state index contributed by atoms with van der Waals surface area (Å²) in [6, 6.07) is 9.53. The summed E-state index contributed by atoms with van der Waals surface area (Å²) in [7, 11) is 0. The fourth-order valence-corrected chi connectivity index (χ4v) is 1.80. The standard InChI is InChI=1S/C15H12ClFO/c1-9-3-4-12(8-14(9)17)15(18)11-5-6-13(16)10(2)7-11/h3-8H,1-2H3. The lowest BCUT2D eigenvalue weighted by Crippen LogP contribution is -2.02. The largest absolute Gasteiger partial charge is 0.289 e. The summed E-state index contributed by atoms with van der Waals surface area (Å²) in [5, 5.41) is 0.613. The van der Waals surface area contributed by atoms with Gasteiger partial charge in [-0.1, -0.05) is 23.7 Å². The van der Waals surface area contributed by atoms with Crippen molar-refractivity contribution in [2.75, 3.05) is 0 Å². The zero-order chi connectivity index (χ0) is 13.3. The summed E-state index contributed by atoms with van der Waals surface area (Å²) in [6.07, 6.45) is 0. The molecule has 0 unspecified atom stereocenters. The number of halogens is 2. The van der Waals surface area contributed by atoms with Crippen LogP contribution >= 0.6 is 11.6 Å². The summed E-state index contributed by atoms with van der Waals surface area (Å²) in [4.78, 5) is 12.2. The van der Waals surface area contributed by atoms with Crippen LogP contribution in [0.25, 0.3) is 0 Å². The van der Waals surface area contributed by atoms with E-state index in [4.69, 9.17) is 11.6 Å². The van der Waals surface area contributed by atoms with Gasteiger partial charge < -0.3 is 0 Å². The molecule has 0 aliphatic rings. The van der Waals surface area contributed by atoms with Gasteiger partial charge in [0.25, 0.3) is 0 Å². The number of carbonyl (C=O) groups is 1. The molecule has 2 aromatic carbocycles. The van der Waals surface area contributed by atoms with Crippen molar-refractivity contribution >= 4 is 17.4 Å². The molecular formula is C15H12ClFO. The van der Waals surface area contributed by atoms with Gasteiger partial charge in [0.1, 0.15) is 5.82 Å². The van der Waals surface area contributed by atoms with Crippen LogP contribution in [0.3, 0.4) is 0 Å². The van der Waals surface area contributed by atoms with Gasteiger partial charge in [0.15, 0.2) is 5.78 Å². The molecule has 3 heteroatoms. The second-order valence-corrected chi connectivity index (χ2v) is 4.66. The Morgan fingerprint density at radius 2 is 1.61 bits per heavy atom. The van der Waals surface area contributed by atoms with Crippen LogP contribution in [0.5, 0.6) is 0 Å². The maximum atomic E-state index is 13.4. The number of benzene rings is 2. The first-order chi connectivity index (χ1) is 8.49. The molecule has 0 aliphatic heterocycles. The average molecular weight is 263 g/mol. The summed E-state index contributed by atoms with van der Waals surface area (Å²) in [5.41, 5.74) is 2.22. The molecule has 0 amide bonds. The fourth-order valence-electron chi connectivity index (χ4n) is 1.69. The van der Waals surface area contributed by atoms with E-state index in [1.807, 2.05) is 6.92 Å². The molecule has 0 aliphatic carbocycles. The van der Waals surface area contributed by atoms with Gasteiger partial charge in [-0.3, -0.25) is 4.79 Å². The van der Waals surface area contributed by atoms with Gasteiger partial charge in [0, 0.05) is 16.1 Å². The Morgan fingerprint density at radius 3 is 2.22 bits per heavy atom. The Labute approximate surface area is 110 Å². The van der Waals surface area contributed by atoms with Crippen molar-refractivity contribution in [1.82, 2.24) is 0 Å². The van der Waals surface area contributed by atoms with Gasteiger partial charge in [-0.25, -0.2) is 4.39 Å². The molecule has 2 rings (SSSR count). The Bertz CT molecular complexity index is 566. The molecule has 92 valence electrons. The monoisotopic (exact) mass is 262 g/mol. The number of ketones is 1. The third-order valence-corrected chi connectivity index (χ3v) is 3.28. The molecule has 0 aromatic heterocycles. The van der Waals surface area contributed by atoms with Crippen molar-refractivity contribution in [3.8, 4) is 0 Å². The Kier molecular flexibility index (Phi) is 3.48. The summed E-state index contributed by atoms with van der Waals surface area (Å²) in [5.74, 6) is -0.569. The maximum Gasteiger partial charge on any atom is 0.193 e. The van der Waals surface area contributed by atoms with Gasteiger partial charge in [-0.2, -0.15) is 0 Å². The van der Waals surface area contributed by atoms with Crippen molar-refractivity contribution in [2.45, 2.75) is 13.8 Å². The Balaban J connectivity index is 2.41. The van der Waals surface area contributed by atoms with E-state index in [1.165, 1.54) is 6.07 Å². The molecule has 2 aromatic rings. The Hall–Kier alpha value is -1.67. The molecule has 0 bridgehead atoms. The third kappa shape index (κ3) is 2.44. The molecule has 0 atom stereocenters. The highest BCUT2D eigenvalue weighted by molar-refractivity contribution is 6.31. The van der Waals surface area contributed by atoms with Crippen molar-refractivity contribution < 1.29 is 9.18 Å². The average Bonchev–Trinajstić information content (AvgIpc) is 2.35.